The molecule has 1 rings (SSSR count). The minimum absolute atomic E-state index is 0.0905. The molecule has 0 spiro atoms. The number of esters is 2. The lowest BCUT2D eigenvalue weighted by molar-refractivity contribution is -0.177. The van der Waals surface area contributed by atoms with E-state index < -0.39 is 17.4 Å². The number of hydrogen-bond acceptors (Lipinski definition) is 4. The average molecular weight is 268 g/mol. The second kappa shape index (κ2) is 6.22. The molecule has 108 valence electrons. The molecule has 1 aliphatic rings. The van der Waals surface area contributed by atoms with Gasteiger partial charge in [-0.3, -0.25) is 9.59 Å². The third-order valence-electron chi connectivity index (χ3n) is 4.04. The van der Waals surface area contributed by atoms with Crippen molar-refractivity contribution in [1.82, 2.24) is 0 Å². The van der Waals surface area contributed by atoms with Crippen LogP contribution in [0.3, 0.4) is 0 Å². The molecule has 1 fully saturated rings. The van der Waals surface area contributed by atoms with Gasteiger partial charge in [-0.25, -0.2) is 0 Å². The van der Waals surface area contributed by atoms with Crippen LogP contribution in [0.4, 0.5) is 0 Å². The Morgan fingerprint density at radius 3 is 2.00 bits per heavy atom. The highest BCUT2D eigenvalue weighted by Gasteiger charge is 2.61. The van der Waals surface area contributed by atoms with E-state index in [9.17, 15) is 9.59 Å². The molecule has 0 aromatic heterocycles. The van der Waals surface area contributed by atoms with E-state index in [-0.39, 0.29) is 25.0 Å². The van der Waals surface area contributed by atoms with Crippen molar-refractivity contribution in [2.45, 2.75) is 40.5 Å². The average Bonchev–Trinajstić information content (AvgIpc) is 2.68. The Balaban J connectivity index is 3.26. The van der Waals surface area contributed by atoms with Gasteiger partial charge in [0, 0.05) is 5.92 Å². The topological polar surface area (TPSA) is 52.6 Å². The van der Waals surface area contributed by atoms with Gasteiger partial charge in [0.2, 0.25) is 0 Å². The fourth-order valence-corrected chi connectivity index (χ4v) is 3.12. The lowest BCUT2D eigenvalue weighted by Crippen LogP contribution is -2.49. The number of carbonyl (C=O) groups is 2. The Kier molecular flexibility index (Phi) is 5.15. The van der Waals surface area contributed by atoms with E-state index in [2.05, 4.69) is 6.58 Å². The Bertz CT molecular complexity index is 354. The summed E-state index contributed by atoms with van der Waals surface area (Å²) in [7, 11) is 0. The molecule has 0 heterocycles. The lowest BCUT2D eigenvalue weighted by Gasteiger charge is -2.34. The van der Waals surface area contributed by atoms with Crippen molar-refractivity contribution in [1.29, 1.82) is 0 Å². The van der Waals surface area contributed by atoms with Crippen molar-refractivity contribution >= 4 is 11.9 Å². The molecule has 4 nitrogen and oxygen atoms in total. The molecule has 0 radical (unpaired) electrons. The summed E-state index contributed by atoms with van der Waals surface area (Å²) in [4.78, 5) is 24.9. The fraction of sp³-hybridized carbons (Fsp3) is 0.733. The molecule has 0 unspecified atom stereocenters. The number of carbonyl (C=O) groups excluding carboxylic acids is 2. The van der Waals surface area contributed by atoms with Gasteiger partial charge in [-0.05, 0) is 39.5 Å². The molecule has 0 N–H and O–H groups in total. The minimum Gasteiger partial charge on any atom is -0.465 e. The van der Waals surface area contributed by atoms with Crippen molar-refractivity contribution in [3.8, 4) is 0 Å². The number of allylic oxidation sites excluding steroid dienone is 1. The summed E-state index contributed by atoms with van der Waals surface area (Å²) >= 11 is 0. The van der Waals surface area contributed by atoms with Gasteiger partial charge in [-0.1, -0.05) is 19.1 Å². The first-order valence-corrected chi connectivity index (χ1v) is 6.92. The maximum Gasteiger partial charge on any atom is 0.324 e. The predicted octanol–water partition coefficient (Wildman–Crippen LogP) is 2.72. The third-order valence-corrected chi connectivity index (χ3v) is 4.04. The van der Waals surface area contributed by atoms with Crippen LogP contribution in [-0.4, -0.2) is 25.2 Å². The first kappa shape index (κ1) is 15.7. The predicted molar refractivity (Wildman–Crippen MR) is 72.4 cm³/mol. The van der Waals surface area contributed by atoms with Crippen LogP contribution in [-0.2, 0) is 19.1 Å². The smallest absolute Gasteiger partial charge is 0.324 e. The summed E-state index contributed by atoms with van der Waals surface area (Å²) in [5.74, 6) is -1.22. The van der Waals surface area contributed by atoms with Crippen molar-refractivity contribution in [2.24, 2.45) is 17.3 Å². The third kappa shape index (κ3) is 2.53. The first-order chi connectivity index (χ1) is 8.92. The van der Waals surface area contributed by atoms with Crippen LogP contribution in [0, 0.1) is 17.3 Å². The largest absolute Gasteiger partial charge is 0.465 e. The zero-order valence-electron chi connectivity index (χ0n) is 12.3. The van der Waals surface area contributed by atoms with Gasteiger partial charge >= 0.3 is 11.9 Å². The Morgan fingerprint density at radius 1 is 1.16 bits per heavy atom. The molecule has 1 aliphatic carbocycles. The van der Waals surface area contributed by atoms with Crippen molar-refractivity contribution in [2.75, 3.05) is 13.2 Å². The molecule has 19 heavy (non-hydrogen) atoms. The quantitative estimate of drug-likeness (QED) is 0.437. The molecule has 0 saturated heterocycles. The maximum atomic E-state index is 12.4. The van der Waals surface area contributed by atoms with Gasteiger partial charge in [-0.2, -0.15) is 0 Å². The Labute approximate surface area is 115 Å². The SMILES string of the molecule is C=C(C)[C@H]1CC[C@H](C)C1(C(=O)OCC)C(=O)OCC. The summed E-state index contributed by atoms with van der Waals surface area (Å²) in [5.41, 5.74) is -0.372. The highest BCUT2D eigenvalue weighted by atomic mass is 16.6. The van der Waals surface area contributed by atoms with Crippen molar-refractivity contribution in [3.63, 3.8) is 0 Å². The van der Waals surface area contributed by atoms with Gasteiger partial charge in [0.05, 0.1) is 13.2 Å². The van der Waals surface area contributed by atoms with E-state index in [1.807, 2.05) is 13.8 Å². The monoisotopic (exact) mass is 268 g/mol. The van der Waals surface area contributed by atoms with E-state index in [1.165, 1.54) is 0 Å². The summed E-state index contributed by atoms with van der Waals surface area (Å²) in [6.45, 7) is 11.7. The molecule has 2 atom stereocenters. The molecule has 0 aliphatic heterocycles. The van der Waals surface area contributed by atoms with Crippen molar-refractivity contribution < 1.29 is 19.1 Å². The molecule has 4 heteroatoms. The summed E-state index contributed by atoms with van der Waals surface area (Å²) in [6.07, 6.45) is 1.57. The van der Waals surface area contributed by atoms with Crippen LogP contribution in [0.25, 0.3) is 0 Å². The summed E-state index contributed by atoms with van der Waals surface area (Å²) < 4.78 is 10.3. The van der Waals surface area contributed by atoms with E-state index in [0.29, 0.717) is 0 Å². The number of rotatable bonds is 5. The van der Waals surface area contributed by atoms with Crippen LogP contribution >= 0.6 is 0 Å². The van der Waals surface area contributed by atoms with E-state index in [0.717, 1.165) is 18.4 Å². The van der Waals surface area contributed by atoms with Gasteiger partial charge in [-0.15, -0.1) is 0 Å². The second-order valence-electron chi connectivity index (χ2n) is 5.19. The van der Waals surface area contributed by atoms with Crippen LogP contribution in [0.1, 0.15) is 40.5 Å². The van der Waals surface area contributed by atoms with Gasteiger partial charge in [0.25, 0.3) is 0 Å². The van der Waals surface area contributed by atoms with Crippen LogP contribution in [0.15, 0.2) is 12.2 Å². The van der Waals surface area contributed by atoms with Gasteiger partial charge in [0.15, 0.2) is 5.41 Å². The van der Waals surface area contributed by atoms with E-state index in [1.54, 1.807) is 13.8 Å². The van der Waals surface area contributed by atoms with E-state index in [4.69, 9.17) is 9.47 Å². The highest BCUT2D eigenvalue weighted by molar-refractivity contribution is 6.01. The molecule has 0 aromatic rings. The number of ether oxygens (including phenoxy) is 2. The summed E-state index contributed by atoms with van der Waals surface area (Å²) in [5, 5.41) is 0. The van der Waals surface area contributed by atoms with Crippen LogP contribution in [0.2, 0.25) is 0 Å². The molecular formula is C15H24O4. The molecule has 0 amide bonds. The normalized spacial score (nSPS) is 24.8. The van der Waals surface area contributed by atoms with E-state index >= 15 is 0 Å². The minimum atomic E-state index is -1.21. The Morgan fingerprint density at radius 2 is 1.63 bits per heavy atom. The Hall–Kier alpha value is -1.32. The highest BCUT2D eigenvalue weighted by Crippen LogP contribution is 2.52. The summed E-state index contributed by atoms with van der Waals surface area (Å²) in [6, 6.07) is 0. The standard InChI is InChI=1S/C15H24O4/c1-6-18-13(16)15(14(17)19-7-2)11(5)8-9-12(15)10(3)4/h11-12H,3,6-9H2,1-2,4-5H3/t11-,12+/m0/s1. The fourth-order valence-electron chi connectivity index (χ4n) is 3.12. The molecular weight excluding hydrogens is 244 g/mol. The van der Waals surface area contributed by atoms with Gasteiger partial charge < -0.3 is 9.47 Å². The maximum absolute atomic E-state index is 12.4. The van der Waals surface area contributed by atoms with Crippen LogP contribution < -0.4 is 0 Å². The number of hydrogen-bond donors (Lipinski definition) is 0. The molecule has 0 aromatic carbocycles. The lowest BCUT2D eigenvalue weighted by atomic mass is 9.70. The zero-order chi connectivity index (χ0) is 14.6. The van der Waals surface area contributed by atoms with Crippen LogP contribution in [0.5, 0.6) is 0 Å². The molecule has 0 bridgehead atoms. The van der Waals surface area contributed by atoms with Gasteiger partial charge in [0.1, 0.15) is 0 Å². The molecule has 1 saturated carbocycles. The zero-order valence-corrected chi connectivity index (χ0v) is 12.3. The first-order valence-electron chi connectivity index (χ1n) is 6.92. The van der Waals surface area contributed by atoms with Crippen molar-refractivity contribution in [3.05, 3.63) is 12.2 Å². The second-order valence-corrected chi connectivity index (χ2v) is 5.19.